The van der Waals surface area contributed by atoms with E-state index in [1.54, 1.807) is 7.11 Å². The predicted molar refractivity (Wildman–Crippen MR) is 55.1 cm³/mol. The lowest BCUT2D eigenvalue weighted by atomic mass is 10.0. The first kappa shape index (κ1) is 10.1. The van der Waals surface area contributed by atoms with Gasteiger partial charge in [-0.25, -0.2) is 0 Å². The minimum Gasteiger partial charge on any atom is -0.496 e. The Bertz CT molecular complexity index is 271. The summed E-state index contributed by atoms with van der Waals surface area (Å²) in [7, 11) is 1.72. The summed E-state index contributed by atoms with van der Waals surface area (Å²) in [6.07, 6.45) is 1.89. The van der Waals surface area contributed by atoms with Crippen LogP contribution in [0.2, 0.25) is 0 Å². The first-order valence-corrected chi connectivity index (χ1v) is 4.68. The second kappa shape index (κ2) is 4.87. The minimum absolute atomic E-state index is 0.670. The van der Waals surface area contributed by atoms with Crippen molar-refractivity contribution in [2.75, 3.05) is 13.7 Å². The van der Waals surface area contributed by atoms with Crippen LogP contribution in [0.25, 0.3) is 0 Å². The van der Waals surface area contributed by atoms with Crippen molar-refractivity contribution in [3.63, 3.8) is 0 Å². The van der Waals surface area contributed by atoms with Crippen molar-refractivity contribution < 1.29 is 4.74 Å². The largest absolute Gasteiger partial charge is 0.496 e. The summed E-state index contributed by atoms with van der Waals surface area (Å²) in [4.78, 5) is 0. The van der Waals surface area contributed by atoms with Gasteiger partial charge in [0, 0.05) is 0 Å². The summed E-state index contributed by atoms with van der Waals surface area (Å²) in [5.41, 5.74) is 7.99. The number of hydrogen-bond acceptors (Lipinski definition) is 2. The molecule has 0 heterocycles. The molecule has 0 spiro atoms. The van der Waals surface area contributed by atoms with Gasteiger partial charge in [0.15, 0.2) is 0 Å². The zero-order valence-corrected chi connectivity index (χ0v) is 8.34. The molecular weight excluding hydrogens is 162 g/mol. The van der Waals surface area contributed by atoms with E-state index in [1.807, 2.05) is 0 Å². The van der Waals surface area contributed by atoms with E-state index in [4.69, 9.17) is 10.5 Å². The second-order valence-corrected chi connectivity index (χ2v) is 3.00. The van der Waals surface area contributed by atoms with Gasteiger partial charge in [-0.2, -0.15) is 0 Å². The van der Waals surface area contributed by atoms with E-state index >= 15 is 0 Å². The molecule has 0 bridgehead atoms. The van der Waals surface area contributed by atoms with Gasteiger partial charge in [0.25, 0.3) is 0 Å². The molecule has 13 heavy (non-hydrogen) atoms. The molecule has 0 saturated carbocycles. The first-order chi connectivity index (χ1) is 6.33. The highest BCUT2D eigenvalue weighted by Gasteiger charge is 2.05. The van der Waals surface area contributed by atoms with Crippen molar-refractivity contribution in [2.45, 2.75) is 19.8 Å². The molecule has 0 saturated heterocycles. The molecule has 1 aromatic carbocycles. The van der Waals surface area contributed by atoms with Gasteiger partial charge in [-0.3, -0.25) is 0 Å². The normalized spacial score (nSPS) is 10.1. The van der Waals surface area contributed by atoms with E-state index in [0.29, 0.717) is 6.54 Å². The highest BCUT2D eigenvalue weighted by molar-refractivity contribution is 5.41. The fourth-order valence-electron chi connectivity index (χ4n) is 1.53. The highest BCUT2D eigenvalue weighted by Crippen LogP contribution is 2.24. The maximum absolute atomic E-state index is 5.52. The van der Waals surface area contributed by atoms with Crippen LogP contribution in [0.5, 0.6) is 5.75 Å². The summed E-state index contributed by atoms with van der Waals surface area (Å²) < 4.78 is 5.36. The maximum atomic E-state index is 5.52. The number of nitrogens with two attached hydrogens (primary N) is 1. The van der Waals surface area contributed by atoms with Crippen LogP contribution in [0.3, 0.4) is 0 Å². The average molecular weight is 179 g/mol. The van der Waals surface area contributed by atoms with Crippen molar-refractivity contribution in [2.24, 2.45) is 5.73 Å². The van der Waals surface area contributed by atoms with Crippen LogP contribution in [-0.4, -0.2) is 13.7 Å². The van der Waals surface area contributed by atoms with Gasteiger partial charge in [-0.1, -0.05) is 25.1 Å². The summed E-state index contributed by atoms with van der Waals surface area (Å²) in [6, 6.07) is 6.23. The quantitative estimate of drug-likeness (QED) is 0.764. The first-order valence-electron chi connectivity index (χ1n) is 4.68. The molecule has 0 aliphatic rings. The molecule has 2 nitrogen and oxygen atoms in total. The van der Waals surface area contributed by atoms with Gasteiger partial charge in [-0.15, -0.1) is 0 Å². The van der Waals surface area contributed by atoms with E-state index in [9.17, 15) is 0 Å². The fraction of sp³-hybridized carbons (Fsp3) is 0.455. The lowest BCUT2D eigenvalue weighted by Gasteiger charge is -2.11. The monoisotopic (exact) mass is 179 g/mol. The van der Waals surface area contributed by atoms with Gasteiger partial charge >= 0.3 is 0 Å². The smallest absolute Gasteiger partial charge is 0.125 e. The van der Waals surface area contributed by atoms with Gasteiger partial charge in [0.05, 0.1) is 7.11 Å². The van der Waals surface area contributed by atoms with E-state index in [2.05, 4.69) is 25.1 Å². The molecule has 72 valence electrons. The number of benzene rings is 1. The van der Waals surface area contributed by atoms with Crippen LogP contribution in [-0.2, 0) is 12.8 Å². The molecule has 0 amide bonds. The summed E-state index contributed by atoms with van der Waals surface area (Å²) in [6.45, 7) is 2.80. The summed E-state index contributed by atoms with van der Waals surface area (Å²) in [5.74, 6) is 1.01. The molecule has 2 heteroatoms. The lowest BCUT2D eigenvalue weighted by Crippen LogP contribution is -2.05. The molecule has 0 radical (unpaired) electrons. The van der Waals surface area contributed by atoms with Crippen LogP contribution >= 0.6 is 0 Å². The van der Waals surface area contributed by atoms with Crippen LogP contribution in [0.4, 0.5) is 0 Å². The van der Waals surface area contributed by atoms with Gasteiger partial charge < -0.3 is 10.5 Å². The number of para-hydroxylation sites is 1. The van der Waals surface area contributed by atoms with Crippen molar-refractivity contribution >= 4 is 0 Å². The van der Waals surface area contributed by atoms with Crippen LogP contribution in [0.1, 0.15) is 18.1 Å². The third kappa shape index (κ3) is 2.22. The van der Waals surface area contributed by atoms with Crippen LogP contribution in [0.15, 0.2) is 18.2 Å². The van der Waals surface area contributed by atoms with Crippen molar-refractivity contribution in [1.82, 2.24) is 0 Å². The van der Waals surface area contributed by atoms with Gasteiger partial charge in [0.1, 0.15) is 5.75 Å². The van der Waals surface area contributed by atoms with E-state index in [1.165, 1.54) is 11.1 Å². The topological polar surface area (TPSA) is 35.2 Å². The zero-order chi connectivity index (χ0) is 9.68. The zero-order valence-electron chi connectivity index (χ0n) is 8.34. The molecular formula is C11H17NO. The number of hydrogen-bond donors (Lipinski definition) is 1. The molecule has 0 aliphatic heterocycles. The summed E-state index contributed by atoms with van der Waals surface area (Å²) in [5, 5.41) is 0. The van der Waals surface area contributed by atoms with E-state index in [0.717, 1.165) is 18.6 Å². The van der Waals surface area contributed by atoms with Crippen molar-refractivity contribution in [3.05, 3.63) is 29.3 Å². The number of rotatable bonds is 4. The molecule has 0 unspecified atom stereocenters. The number of ether oxygens (including phenoxy) is 1. The molecule has 1 rings (SSSR count). The minimum atomic E-state index is 0.670. The van der Waals surface area contributed by atoms with Crippen molar-refractivity contribution in [3.8, 4) is 5.75 Å². The third-order valence-corrected chi connectivity index (χ3v) is 2.18. The highest BCUT2D eigenvalue weighted by atomic mass is 16.5. The third-order valence-electron chi connectivity index (χ3n) is 2.18. The molecule has 0 atom stereocenters. The van der Waals surface area contributed by atoms with Crippen LogP contribution in [0, 0.1) is 0 Å². The number of aryl methyl sites for hydroxylation is 1. The molecule has 1 aromatic rings. The molecule has 0 aromatic heterocycles. The lowest BCUT2D eigenvalue weighted by molar-refractivity contribution is 0.405. The Balaban J connectivity index is 3.03. The second-order valence-electron chi connectivity index (χ2n) is 3.00. The Labute approximate surface area is 79.7 Å². The van der Waals surface area contributed by atoms with Gasteiger partial charge in [-0.05, 0) is 30.5 Å². The molecule has 2 N–H and O–H groups in total. The van der Waals surface area contributed by atoms with Crippen LogP contribution < -0.4 is 10.5 Å². The Morgan fingerprint density at radius 1 is 1.31 bits per heavy atom. The fourth-order valence-corrected chi connectivity index (χ4v) is 1.53. The SMILES string of the molecule is CCc1cccc(CCN)c1OC. The van der Waals surface area contributed by atoms with E-state index in [-0.39, 0.29) is 0 Å². The number of methoxy groups -OCH3 is 1. The maximum Gasteiger partial charge on any atom is 0.125 e. The Hall–Kier alpha value is -1.02. The molecule has 0 aliphatic carbocycles. The van der Waals surface area contributed by atoms with Gasteiger partial charge in [0.2, 0.25) is 0 Å². The summed E-state index contributed by atoms with van der Waals surface area (Å²) >= 11 is 0. The standard InChI is InChI=1S/C11H17NO/c1-3-9-5-4-6-10(7-8-12)11(9)13-2/h4-6H,3,7-8,12H2,1-2H3. The predicted octanol–water partition coefficient (Wildman–Crippen LogP) is 1.76. The Morgan fingerprint density at radius 2 is 2.00 bits per heavy atom. The molecule has 0 fully saturated rings. The Morgan fingerprint density at radius 3 is 2.54 bits per heavy atom. The van der Waals surface area contributed by atoms with E-state index < -0.39 is 0 Å². The average Bonchev–Trinajstić information content (AvgIpc) is 2.18. The van der Waals surface area contributed by atoms with Crippen molar-refractivity contribution in [1.29, 1.82) is 0 Å². The Kier molecular flexibility index (Phi) is 3.77.